The fraction of sp³-hybridized carbons (Fsp3) is 0.0909. The minimum atomic E-state index is -1.12. The molecular weight excluding hydrogens is 292 g/mol. The van der Waals surface area contributed by atoms with Crippen LogP contribution in [0.15, 0.2) is 18.2 Å². The molecule has 1 N–H and O–H groups in total. The van der Waals surface area contributed by atoms with E-state index in [0.29, 0.717) is 15.4 Å². The fourth-order valence-electron chi connectivity index (χ4n) is 1.50. The van der Waals surface area contributed by atoms with Crippen molar-refractivity contribution in [3.05, 3.63) is 43.9 Å². The third-order valence-electron chi connectivity index (χ3n) is 2.39. The molecule has 0 saturated carbocycles. The number of carboxylic acids is 1. The second-order valence-electron chi connectivity index (χ2n) is 3.65. The number of hydrogen-bond acceptors (Lipinski definition) is 5. The summed E-state index contributed by atoms with van der Waals surface area (Å²) in [6.45, 7) is 1.63. The predicted octanol–water partition coefficient (Wildman–Crippen LogP) is 3.38. The zero-order valence-electron chi connectivity index (χ0n) is 9.58. The minimum absolute atomic E-state index is 0.0282. The highest BCUT2D eigenvalue weighted by molar-refractivity contribution is 7.15. The Kier molecular flexibility index (Phi) is 3.50. The van der Waals surface area contributed by atoms with E-state index in [1.165, 1.54) is 12.1 Å². The van der Waals surface area contributed by atoms with Gasteiger partial charge in [-0.3, -0.25) is 10.1 Å². The van der Waals surface area contributed by atoms with Crippen molar-refractivity contribution in [3.8, 4) is 10.6 Å². The van der Waals surface area contributed by atoms with Crippen molar-refractivity contribution in [2.45, 2.75) is 6.92 Å². The van der Waals surface area contributed by atoms with Crippen molar-refractivity contribution in [2.24, 2.45) is 0 Å². The van der Waals surface area contributed by atoms with Crippen molar-refractivity contribution in [1.29, 1.82) is 0 Å². The molecule has 0 atom stereocenters. The molecule has 2 rings (SSSR count). The highest BCUT2D eigenvalue weighted by Gasteiger charge is 2.18. The number of aromatic carboxylic acids is 1. The number of aryl methyl sites for hydroxylation is 1. The van der Waals surface area contributed by atoms with E-state index >= 15 is 0 Å². The number of carboxylic acid groups (broad SMARTS) is 1. The van der Waals surface area contributed by atoms with Gasteiger partial charge in [-0.25, -0.2) is 9.78 Å². The van der Waals surface area contributed by atoms with Gasteiger partial charge in [-0.05, 0) is 19.1 Å². The standard InChI is InChI=1S/C11H7ClN2O4S/c1-5-9(11(15)16)13-10(19-5)6-2-3-7(12)8(4-6)14(17)18/h2-4H,1H3,(H,15,16). The van der Waals surface area contributed by atoms with Crippen LogP contribution >= 0.6 is 22.9 Å². The maximum Gasteiger partial charge on any atom is 0.355 e. The van der Waals surface area contributed by atoms with Gasteiger partial charge in [0.05, 0.1) is 4.92 Å². The molecule has 0 spiro atoms. The first-order chi connectivity index (χ1) is 8.90. The summed E-state index contributed by atoms with van der Waals surface area (Å²) < 4.78 is 0. The number of benzene rings is 1. The van der Waals surface area contributed by atoms with Crippen LogP contribution < -0.4 is 0 Å². The average molecular weight is 299 g/mol. The summed E-state index contributed by atoms with van der Waals surface area (Å²) >= 11 is 6.88. The smallest absolute Gasteiger partial charge is 0.355 e. The van der Waals surface area contributed by atoms with Crippen LogP contribution in [0.25, 0.3) is 10.6 Å². The van der Waals surface area contributed by atoms with E-state index in [9.17, 15) is 14.9 Å². The van der Waals surface area contributed by atoms with Crippen LogP contribution in [0, 0.1) is 17.0 Å². The van der Waals surface area contributed by atoms with E-state index in [-0.39, 0.29) is 16.4 Å². The number of nitrogens with zero attached hydrogens (tertiary/aromatic N) is 2. The van der Waals surface area contributed by atoms with Gasteiger partial charge in [-0.2, -0.15) is 0 Å². The monoisotopic (exact) mass is 298 g/mol. The normalized spacial score (nSPS) is 10.4. The fourth-order valence-corrected chi connectivity index (χ4v) is 2.59. The third kappa shape index (κ3) is 2.56. The van der Waals surface area contributed by atoms with Crippen LogP contribution in [0.2, 0.25) is 5.02 Å². The predicted molar refractivity (Wildman–Crippen MR) is 70.9 cm³/mol. The molecule has 19 heavy (non-hydrogen) atoms. The molecule has 0 unspecified atom stereocenters. The summed E-state index contributed by atoms with van der Waals surface area (Å²) in [5.41, 5.74) is 0.193. The summed E-state index contributed by atoms with van der Waals surface area (Å²) in [5.74, 6) is -1.12. The summed E-state index contributed by atoms with van der Waals surface area (Å²) in [6, 6.07) is 4.25. The lowest BCUT2D eigenvalue weighted by molar-refractivity contribution is -0.384. The largest absolute Gasteiger partial charge is 0.476 e. The molecule has 1 aromatic heterocycles. The van der Waals surface area contributed by atoms with Gasteiger partial charge in [0.2, 0.25) is 0 Å². The lowest BCUT2D eigenvalue weighted by Gasteiger charge is -1.98. The van der Waals surface area contributed by atoms with Crippen LogP contribution in [0.5, 0.6) is 0 Å². The Labute approximate surface area is 116 Å². The van der Waals surface area contributed by atoms with Crippen LogP contribution in [0.3, 0.4) is 0 Å². The molecule has 0 aliphatic carbocycles. The molecule has 0 fully saturated rings. The van der Waals surface area contributed by atoms with Crippen LogP contribution in [-0.4, -0.2) is 21.0 Å². The summed E-state index contributed by atoms with van der Waals surface area (Å²) in [5, 5.41) is 20.2. The Bertz CT molecular complexity index is 683. The van der Waals surface area contributed by atoms with E-state index in [1.807, 2.05) is 0 Å². The number of thiazole rings is 1. The zero-order valence-corrected chi connectivity index (χ0v) is 11.2. The number of halogens is 1. The number of carbonyl (C=O) groups is 1. The second kappa shape index (κ2) is 4.94. The maximum atomic E-state index is 10.9. The van der Waals surface area contributed by atoms with Crippen molar-refractivity contribution >= 4 is 34.6 Å². The van der Waals surface area contributed by atoms with Gasteiger partial charge in [0, 0.05) is 16.5 Å². The van der Waals surface area contributed by atoms with Crippen LogP contribution in [-0.2, 0) is 0 Å². The summed E-state index contributed by atoms with van der Waals surface area (Å²) in [6.07, 6.45) is 0. The highest BCUT2D eigenvalue weighted by Crippen LogP contribution is 2.33. The topological polar surface area (TPSA) is 93.3 Å². The van der Waals surface area contributed by atoms with Crippen LogP contribution in [0.4, 0.5) is 5.69 Å². The lowest BCUT2D eigenvalue weighted by Crippen LogP contribution is -1.98. The van der Waals surface area contributed by atoms with Gasteiger partial charge >= 0.3 is 5.97 Å². The molecule has 6 nitrogen and oxygen atoms in total. The number of nitro groups is 1. The second-order valence-corrected chi connectivity index (χ2v) is 5.26. The molecule has 8 heteroatoms. The van der Waals surface area contributed by atoms with E-state index in [0.717, 1.165) is 11.3 Å². The Balaban J connectivity index is 2.53. The van der Waals surface area contributed by atoms with Crippen molar-refractivity contribution in [2.75, 3.05) is 0 Å². The first kappa shape index (κ1) is 13.4. The molecule has 2 aromatic rings. The number of hydrogen-bond donors (Lipinski definition) is 1. The lowest BCUT2D eigenvalue weighted by atomic mass is 10.2. The van der Waals surface area contributed by atoms with E-state index in [4.69, 9.17) is 16.7 Å². The van der Waals surface area contributed by atoms with Gasteiger partial charge in [0.25, 0.3) is 5.69 Å². The summed E-state index contributed by atoms with van der Waals surface area (Å²) in [7, 11) is 0. The van der Waals surface area contributed by atoms with Gasteiger partial charge in [0.15, 0.2) is 5.69 Å². The van der Waals surface area contributed by atoms with Crippen molar-refractivity contribution < 1.29 is 14.8 Å². The average Bonchev–Trinajstić information content (AvgIpc) is 2.71. The molecular formula is C11H7ClN2O4S. The minimum Gasteiger partial charge on any atom is -0.476 e. The summed E-state index contributed by atoms with van der Waals surface area (Å²) in [4.78, 5) is 25.6. The van der Waals surface area contributed by atoms with E-state index in [1.54, 1.807) is 13.0 Å². The molecule has 0 radical (unpaired) electrons. The first-order valence-corrected chi connectivity index (χ1v) is 6.24. The molecule has 0 saturated heterocycles. The molecule has 98 valence electrons. The van der Waals surface area contributed by atoms with E-state index in [2.05, 4.69) is 4.98 Å². The maximum absolute atomic E-state index is 10.9. The molecule has 1 heterocycles. The Morgan fingerprint density at radius 3 is 2.74 bits per heavy atom. The zero-order chi connectivity index (χ0) is 14.2. The molecule has 0 bridgehead atoms. The quantitative estimate of drug-likeness (QED) is 0.692. The van der Waals surface area contributed by atoms with Crippen LogP contribution in [0.1, 0.15) is 15.4 Å². The third-order valence-corrected chi connectivity index (χ3v) is 3.73. The van der Waals surface area contributed by atoms with E-state index < -0.39 is 10.9 Å². The molecule has 0 aliphatic heterocycles. The molecule has 0 aliphatic rings. The SMILES string of the molecule is Cc1sc(-c2ccc(Cl)c([N+](=O)[O-])c2)nc1C(=O)O. The Morgan fingerprint density at radius 2 is 2.21 bits per heavy atom. The Hall–Kier alpha value is -1.99. The van der Waals surface area contributed by atoms with Gasteiger partial charge in [0.1, 0.15) is 10.0 Å². The molecule has 1 aromatic carbocycles. The van der Waals surface area contributed by atoms with Gasteiger partial charge in [-0.1, -0.05) is 11.6 Å². The highest BCUT2D eigenvalue weighted by atomic mass is 35.5. The number of nitro benzene ring substituents is 1. The molecule has 0 amide bonds. The first-order valence-electron chi connectivity index (χ1n) is 5.05. The van der Waals surface area contributed by atoms with Crippen molar-refractivity contribution in [1.82, 2.24) is 4.98 Å². The number of aromatic nitrogens is 1. The van der Waals surface area contributed by atoms with Crippen molar-refractivity contribution in [3.63, 3.8) is 0 Å². The Morgan fingerprint density at radius 1 is 1.53 bits per heavy atom. The number of rotatable bonds is 3. The van der Waals surface area contributed by atoms with Gasteiger partial charge in [-0.15, -0.1) is 11.3 Å². The van der Waals surface area contributed by atoms with Gasteiger partial charge < -0.3 is 5.11 Å².